The van der Waals surface area contributed by atoms with E-state index in [4.69, 9.17) is 4.74 Å². The maximum Gasteiger partial charge on any atom is 0.262 e. The van der Waals surface area contributed by atoms with E-state index in [1.54, 1.807) is 24.3 Å². The van der Waals surface area contributed by atoms with Crippen LogP contribution in [0, 0.1) is 0 Å². The molecule has 0 aliphatic rings. The largest absolute Gasteiger partial charge is 0.483 e. The van der Waals surface area contributed by atoms with Gasteiger partial charge in [-0.25, -0.2) is 0 Å². The Morgan fingerprint density at radius 3 is 2.12 bits per heavy atom. The van der Waals surface area contributed by atoms with E-state index >= 15 is 0 Å². The summed E-state index contributed by atoms with van der Waals surface area (Å²) in [6.07, 6.45) is 1.10. The molecule has 0 saturated heterocycles. The number of anilines is 2. The number of hydrogen-bond acceptors (Lipinski definition) is 3. The molecular formula is C26H27BrN2O3. The molecule has 0 aliphatic heterocycles. The number of benzene rings is 3. The summed E-state index contributed by atoms with van der Waals surface area (Å²) < 4.78 is 6.71. The summed E-state index contributed by atoms with van der Waals surface area (Å²) >= 11 is 3.47. The molecule has 0 saturated carbocycles. The van der Waals surface area contributed by atoms with Gasteiger partial charge in [-0.05, 0) is 65.9 Å². The third kappa shape index (κ3) is 7.24. The average molecular weight is 495 g/mol. The molecule has 3 aromatic rings. The number of amides is 2. The van der Waals surface area contributed by atoms with Crippen molar-refractivity contribution in [3.05, 3.63) is 88.4 Å². The number of carbonyl (C=O) groups is 2. The Morgan fingerprint density at radius 1 is 0.875 bits per heavy atom. The molecule has 0 fully saturated rings. The van der Waals surface area contributed by atoms with Gasteiger partial charge in [-0.3, -0.25) is 9.59 Å². The zero-order valence-corrected chi connectivity index (χ0v) is 19.8. The Morgan fingerprint density at radius 2 is 1.50 bits per heavy atom. The van der Waals surface area contributed by atoms with Crippen molar-refractivity contribution in [2.24, 2.45) is 0 Å². The van der Waals surface area contributed by atoms with E-state index in [9.17, 15) is 9.59 Å². The van der Waals surface area contributed by atoms with Crippen LogP contribution in [0.15, 0.2) is 77.3 Å². The lowest BCUT2D eigenvalue weighted by molar-refractivity contribution is -0.118. The van der Waals surface area contributed by atoms with Gasteiger partial charge in [-0.2, -0.15) is 0 Å². The van der Waals surface area contributed by atoms with E-state index in [0.717, 1.165) is 15.6 Å². The Hall–Kier alpha value is -3.12. The second kappa shape index (κ2) is 11.5. The van der Waals surface area contributed by atoms with Gasteiger partial charge in [0.2, 0.25) is 5.91 Å². The Bertz CT molecular complexity index is 1050. The first-order chi connectivity index (χ1) is 15.4. The number of hydrogen-bond donors (Lipinski definition) is 2. The van der Waals surface area contributed by atoms with Crippen LogP contribution < -0.4 is 15.4 Å². The number of rotatable bonds is 9. The number of carbonyl (C=O) groups excluding carboxylic acids is 2. The van der Waals surface area contributed by atoms with E-state index < -0.39 is 0 Å². The lowest BCUT2D eigenvalue weighted by atomic mass is 10.0. The molecule has 0 atom stereocenters. The number of ether oxygens (including phenoxy) is 1. The number of aryl methyl sites for hydroxylation is 1. The lowest BCUT2D eigenvalue weighted by Gasteiger charge is -2.14. The van der Waals surface area contributed by atoms with Crippen LogP contribution in [0.3, 0.4) is 0 Å². The normalized spacial score (nSPS) is 10.6. The van der Waals surface area contributed by atoms with Crippen molar-refractivity contribution in [1.29, 1.82) is 0 Å². The molecule has 2 amide bonds. The van der Waals surface area contributed by atoms with E-state index in [1.807, 2.05) is 48.5 Å². The molecule has 32 heavy (non-hydrogen) atoms. The minimum absolute atomic E-state index is 0.0468. The summed E-state index contributed by atoms with van der Waals surface area (Å²) in [7, 11) is 0. The van der Waals surface area contributed by atoms with Gasteiger partial charge in [0, 0.05) is 22.3 Å². The zero-order chi connectivity index (χ0) is 22.9. The van der Waals surface area contributed by atoms with Crippen LogP contribution in [0.2, 0.25) is 0 Å². The molecule has 0 aromatic heterocycles. The van der Waals surface area contributed by atoms with Gasteiger partial charge in [0.15, 0.2) is 6.61 Å². The molecular weight excluding hydrogens is 468 g/mol. The molecule has 0 radical (unpaired) electrons. The SMILES string of the molecule is CC(C)c1cc(Br)ccc1OCC(=O)Nc1ccc(NC(=O)CCc2ccccc2)cc1. The zero-order valence-electron chi connectivity index (χ0n) is 18.2. The first-order valence-corrected chi connectivity index (χ1v) is 11.4. The van der Waals surface area contributed by atoms with E-state index in [-0.39, 0.29) is 24.3 Å². The van der Waals surface area contributed by atoms with Crippen LogP contribution in [-0.2, 0) is 16.0 Å². The van der Waals surface area contributed by atoms with Gasteiger partial charge >= 0.3 is 0 Å². The Balaban J connectivity index is 1.47. The van der Waals surface area contributed by atoms with Crippen LogP contribution in [0.1, 0.15) is 37.3 Å². The van der Waals surface area contributed by atoms with Gasteiger partial charge in [0.25, 0.3) is 5.91 Å². The quantitative estimate of drug-likeness (QED) is 0.374. The van der Waals surface area contributed by atoms with Crippen LogP contribution >= 0.6 is 15.9 Å². The van der Waals surface area contributed by atoms with Crippen LogP contribution in [0.4, 0.5) is 11.4 Å². The monoisotopic (exact) mass is 494 g/mol. The average Bonchev–Trinajstić information content (AvgIpc) is 2.79. The smallest absolute Gasteiger partial charge is 0.262 e. The molecule has 0 bridgehead atoms. The topological polar surface area (TPSA) is 67.4 Å². The molecule has 2 N–H and O–H groups in total. The fraction of sp³-hybridized carbons (Fsp3) is 0.231. The molecule has 5 nitrogen and oxygen atoms in total. The van der Waals surface area contributed by atoms with Gasteiger partial charge in [-0.15, -0.1) is 0 Å². The standard InChI is InChI=1S/C26H27BrN2O3/c1-18(2)23-16-20(27)9-14-24(23)32-17-26(31)29-22-12-10-21(11-13-22)28-25(30)15-8-19-6-4-3-5-7-19/h3-7,9-14,16,18H,8,15,17H2,1-2H3,(H,28,30)(H,29,31). The van der Waals surface area contributed by atoms with Crippen molar-refractivity contribution >= 4 is 39.1 Å². The summed E-state index contributed by atoms with van der Waals surface area (Å²) in [6.45, 7) is 4.08. The third-order valence-electron chi connectivity index (χ3n) is 4.89. The van der Waals surface area contributed by atoms with Gasteiger partial charge in [0.05, 0.1) is 0 Å². The van der Waals surface area contributed by atoms with Crippen LogP contribution in [0.5, 0.6) is 5.75 Å². The molecule has 6 heteroatoms. The molecule has 3 aromatic carbocycles. The highest BCUT2D eigenvalue weighted by Gasteiger charge is 2.11. The van der Waals surface area contributed by atoms with Crippen LogP contribution in [-0.4, -0.2) is 18.4 Å². The highest BCUT2D eigenvalue weighted by atomic mass is 79.9. The van der Waals surface area contributed by atoms with Gasteiger partial charge in [-0.1, -0.05) is 60.1 Å². The summed E-state index contributed by atoms with van der Waals surface area (Å²) in [5, 5.41) is 5.69. The van der Waals surface area contributed by atoms with E-state index in [2.05, 4.69) is 40.4 Å². The summed E-state index contributed by atoms with van der Waals surface area (Å²) in [5.41, 5.74) is 3.50. The molecule has 3 rings (SSSR count). The lowest BCUT2D eigenvalue weighted by Crippen LogP contribution is -2.20. The maximum absolute atomic E-state index is 12.3. The molecule has 0 aliphatic carbocycles. The predicted octanol–water partition coefficient (Wildman–Crippen LogP) is 6.16. The molecule has 0 heterocycles. The van der Waals surface area contributed by atoms with Crippen molar-refractivity contribution in [3.63, 3.8) is 0 Å². The fourth-order valence-electron chi connectivity index (χ4n) is 3.21. The highest BCUT2D eigenvalue weighted by molar-refractivity contribution is 9.10. The molecule has 0 spiro atoms. The van der Waals surface area contributed by atoms with Crippen molar-refractivity contribution in [2.75, 3.05) is 17.2 Å². The van der Waals surface area contributed by atoms with Crippen LogP contribution in [0.25, 0.3) is 0 Å². The summed E-state index contributed by atoms with van der Waals surface area (Å²) in [4.78, 5) is 24.5. The first-order valence-electron chi connectivity index (χ1n) is 10.6. The summed E-state index contributed by atoms with van der Waals surface area (Å²) in [5.74, 6) is 0.685. The van der Waals surface area contributed by atoms with Gasteiger partial charge < -0.3 is 15.4 Å². The predicted molar refractivity (Wildman–Crippen MR) is 132 cm³/mol. The van der Waals surface area contributed by atoms with Gasteiger partial charge in [0.1, 0.15) is 5.75 Å². The first kappa shape index (κ1) is 23.5. The maximum atomic E-state index is 12.3. The minimum Gasteiger partial charge on any atom is -0.483 e. The Labute approximate surface area is 197 Å². The Kier molecular flexibility index (Phi) is 8.45. The number of nitrogens with one attached hydrogen (secondary N) is 2. The molecule has 0 unspecified atom stereocenters. The highest BCUT2D eigenvalue weighted by Crippen LogP contribution is 2.29. The van der Waals surface area contributed by atoms with Crippen molar-refractivity contribution in [3.8, 4) is 5.75 Å². The third-order valence-corrected chi connectivity index (χ3v) is 5.38. The van der Waals surface area contributed by atoms with Crippen molar-refractivity contribution < 1.29 is 14.3 Å². The second-order valence-electron chi connectivity index (χ2n) is 7.78. The van der Waals surface area contributed by atoms with E-state index in [1.165, 1.54) is 0 Å². The van der Waals surface area contributed by atoms with E-state index in [0.29, 0.717) is 30.0 Å². The van der Waals surface area contributed by atoms with Crippen molar-refractivity contribution in [1.82, 2.24) is 0 Å². The van der Waals surface area contributed by atoms with Crippen molar-refractivity contribution in [2.45, 2.75) is 32.6 Å². The molecule has 166 valence electrons. The number of halogens is 1. The fourth-order valence-corrected chi connectivity index (χ4v) is 3.58. The summed E-state index contributed by atoms with van der Waals surface area (Å²) in [6, 6.07) is 22.7. The minimum atomic E-state index is -0.248. The second-order valence-corrected chi connectivity index (χ2v) is 8.70.